The molecule has 0 aromatic heterocycles. The molecule has 0 saturated carbocycles. The Morgan fingerprint density at radius 1 is 0.778 bits per heavy atom. The maximum absolute atomic E-state index is 2.23. The fourth-order valence-corrected chi connectivity index (χ4v) is 0.500. The number of rotatable bonds is 3. The molecule has 0 aromatic rings. The van der Waals surface area contributed by atoms with Crippen LogP contribution in [0.5, 0.6) is 0 Å². The first kappa shape index (κ1) is 22.4. The Labute approximate surface area is 87.1 Å². The first-order valence-electron chi connectivity index (χ1n) is 2.91. The van der Waals surface area contributed by atoms with Crippen LogP contribution in [0.25, 0.3) is 0 Å². The van der Waals surface area contributed by atoms with E-state index in [9.17, 15) is 0 Å². The second kappa shape index (κ2) is 22.8. The quantitative estimate of drug-likeness (QED) is 0.310. The summed E-state index contributed by atoms with van der Waals surface area (Å²) in [4.78, 5) is 0. The third-order valence-electron chi connectivity index (χ3n) is 0.957. The van der Waals surface area contributed by atoms with E-state index in [2.05, 4.69) is 13.8 Å². The molecule has 0 saturated heterocycles. The molecule has 0 heterocycles. The van der Waals surface area contributed by atoms with Crippen LogP contribution in [0.4, 0.5) is 0 Å². The maximum atomic E-state index is 2.23. The molecule has 0 unspecified atom stereocenters. The predicted molar refractivity (Wildman–Crippen MR) is 35.6 cm³/mol. The molecule has 0 atom stereocenters. The molecule has 3 heteroatoms. The summed E-state index contributed by atoms with van der Waals surface area (Å²) < 4.78 is 0. The van der Waals surface area contributed by atoms with Crippen molar-refractivity contribution < 1.29 is 24.8 Å². The predicted octanol–water partition coefficient (Wildman–Crippen LogP) is -3.79. The second-order valence-corrected chi connectivity index (χ2v) is 1.71. The van der Waals surface area contributed by atoms with Crippen molar-refractivity contribution in [1.82, 2.24) is 0 Å². The Balaban J connectivity index is -0.0000000417. The molecule has 0 aromatic carbocycles. The van der Waals surface area contributed by atoms with Gasteiger partial charge < -0.3 is 24.8 Å². The van der Waals surface area contributed by atoms with E-state index >= 15 is 0 Å². The fourth-order valence-electron chi connectivity index (χ4n) is 0.500. The summed E-state index contributed by atoms with van der Waals surface area (Å²) in [6.45, 7) is 4.46. The van der Waals surface area contributed by atoms with E-state index in [1.54, 1.807) is 0 Å². The zero-order valence-corrected chi connectivity index (χ0v) is 9.22. The Morgan fingerprint density at radius 2 is 1.00 bits per heavy atom. The van der Waals surface area contributed by atoms with Crippen LogP contribution in [-0.4, -0.2) is 23.1 Å². The SMILES string of the molecule is CCCCCC.[Cl-].[Cl-].[Mg+2]. The Hall–Kier alpha value is 1.35. The van der Waals surface area contributed by atoms with Crippen molar-refractivity contribution in [3.8, 4) is 0 Å². The molecule has 0 spiro atoms. The van der Waals surface area contributed by atoms with Crippen LogP contribution >= 0.6 is 0 Å². The average Bonchev–Trinajstić information content (AvgIpc) is 1.61. The molecular formula is C6H14Cl2Mg. The molecule has 0 aliphatic heterocycles. The first-order valence-corrected chi connectivity index (χ1v) is 2.91. The Bertz CT molecular complexity index is 23.0. The molecule has 0 aliphatic rings. The zero-order valence-electron chi connectivity index (χ0n) is 6.29. The molecule has 0 N–H and O–H groups in total. The van der Waals surface area contributed by atoms with Crippen LogP contribution in [0.1, 0.15) is 39.5 Å². The van der Waals surface area contributed by atoms with E-state index in [0.29, 0.717) is 0 Å². The van der Waals surface area contributed by atoms with Gasteiger partial charge in [0.2, 0.25) is 0 Å². The Morgan fingerprint density at radius 3 is 1.11 bits per heavy atom. The summed E-state index contributed by atoms with van der Waals surface area (Å²) >= 11 is 0. The van der Waals surface area contributed by atoms with Crippen LogP contribution in [0.15, 0.2) is 0 Å². The molecule has 9 heavy (non-hydrogen) atoms. The van der Waals surface area contributed by atoms with Crippen LogP contribution in [0.2, 0.25) is 0 Å². The first-order chi connectivity index (χ1) is 2.91. The van der Waals surface area contributed by atoms with Crippen molar-refractivity contribution in [1.29, 1.82) is 0 Å². The van der Waals surface area contributed by atoms with Gasteiger partial charge in [-0.3, -0.25) is 0 Å². The van der Waals surface area contributed by atoms with Gasteiger partial charge in [0, 0.05) is 0 Å². The largest absolute Gasteiger partial charge is 2.00 e. The third-order valence-corrected chi connectivity index (χ3v) is 0.957. The van der Waals surface area contributed by atoms with Crippen LogP contribution in [0.3, 0.4) is 0 Å². The molecule has 0 rings (SSSR count). The fraction of sp³-hybridized carbons (Fsp3) is 1.00. The minimum absolute atomic E-state index is 0. The van der Waals surface area contributed by atoms with Crippen molar-refractivity contribution in [3.63, 3.8) is 0 Å². The van der Waals surface area contributed by atoms with Crippen LogP contribution in [-0.2, 0) is 0 Å². The van der Waals surface area contributed by atoms with Gasteiger partial charge in [0.1, 0.15) is 0 Å². The minimum atomic E-state index is 0. The van der Waals surface area contributed by atoms with E-state index in [0.717, 1.165) is 0 Å². The average molecular weight is 181 g/mol. The van der Waals surface area contributed by atoms with Gasteiger partial charge in [-0.2, -0.15) is 0 Å². The topological polar surface area (TPSA) is 0 Å². The van der Waals surface area contributed by atoms with E-state index in [1.165, 1.54) is 25.7 Å². The molecule has 0 nitrogen and oxygen atoms in total. The summed E-state index contributed by atoms with van der Waals surface area (Å²) in [6.07, 6.45) is 5.54. The van der Waals surface area contributed by atoms with Gasteiger partial charge in [-0.1, -0.05) is 39.5 Å². The smallest absolute Gasteiger partial charge is 1.00 e. The molecule has 0 bridgehead atoms. The van der Waals surface area contributed by atoms with Gasteiger partial charge in [0.05, 0.1) is 0 Å². The Kier molecular flexibility index (Phi) is 56.8. The third kappa shape index (κ3) is 26.7. The van der Waals surface area contributed by atoms with Gasteiger partial charge in [0.15, 0.2) is 0 Å². The number of hydrogen-bond acceptors (Lipinski definition) is 0. The van der Waals surface area contributed by atoms with Crippen molar-refractivity contribution >= 4 is 23.1 Å². The second-order valence-electron chi connectivity index (χ2n) is 1.71. The van der Waals surface area contributed by atoms with Crippen LogP contribution in [0, 0.1) is 0 Å². The van der Waals surface area contributed by atoms with Crippen molar-refractivity contribution in [2.24, 2.45) is 0 Å². The zero-order chi connectivity index (χ0) is 4.83. The molecule has 0 fully saturated rings. The molecule has 54 valence electrons. The summed E-state index contributed by atoms with van der Waals surface area (Å²) in [5.41, 5.74) is 0. The van der Waals surface area contributed by atoms with E-state index in [4.69, 9.17) is 0 Å². The van der Waals surface area contributed by atoms with Crippen molar-refractivity contribution in [2.45, 2.75) is 39.5 Å². The van der Waals surface area contributed by atoms with Crippen molar-refractivity contribution in [3.05, 3.63) is 0 Å². The molecule has 0 amide bonds. The number of unbranched alkanes of at least 4 members (excludes halogenated alkanes) is 3. The summed E-state index contributed by atoms with van der Waals surface area (Å²) in [5.74, 6) is 0. The summed E-state index contributed by atoms with van der Waals surface area (Å²) in [5, 5.41) is 0. The van der Waals surface area contributed by atoms with Gasteiger partial charge in [-0.15, -0.1) is 0 Å². The normalized spacial score (nSPS) is 6.00. The summed E-state index contributed by atoms with van der Waals surface area (Å²) in [7, 11) is 0. The van der Waals surface area contributed by atoms with E-state index in [1.807, 2.05) is 0 Å². The number of hydrogen-bond donors (Lipinski definition) is 0. The monoisotopic (exact) mass is 180 g/mol. The van der Waals surface area contributed by atoms with Crippen molar-refractivity contribution in [2.75, 3.05) is 0 Å². The molecule has 0 aliphatic carbocycles. The minimum Gasteiger partial charge on any atom is -1.00 e. The molecular weight excluding hydrogens is 167 g/mol. The van der Waals surface area contributed by atoms with Gasteiger partial charge in [-0.05, 0) is 0 Å². The van der Waals surface area contributed by atoms with E-state index in [-0.39, 0.29) is 47.9 Å². The van der Waals surface area contributed by atoms with E-state index < -0.39 is 0 Å². The molecule has 0 radical (unpaired) electrons. The summed E-state index contributed by atoms with van der Waals surface area (Å²) in [6, 6.07) is 0. The van der Waals surface area contributed by atoms with Crippen LogP contribution < -0.4 is 24.8 Å². The maximum Gasteiger partial charge on any atom is 2.00 e. The van der Waals surface area contributed by atoms with Gasteiger partial charge in [0.25, 0.3) is 0 Å². The van der Waals surface area contributed by atoms with Gasteiger partial charge >= 0.3 is 23.1 Å². The number of halogens is 2. The standard InChI is InChI=1S/C6H14.2ClH.Mg/c1-3-5-6-4-2;;;/h3-6H2,1-2H3;2*1H;/q;;;+2/p-2. The van der Waals surface area contributed by atoms with Gasteiger partial charge in [-0.25, -0.2) is 0 Å².